The standard InChI is InChI=1S/C12H11FN4O/c13-11-2-1-9(5-10(11)6-14)7-15-4-3-12-16-8-18-17-12/h1-2,5,8,15H,3-4,7H2. The average Bonchev–Trinajstić information content (AvgIpc) is 2.89. The van der Waals surface area contributed by atoms with E-state index in [0.29, 0.717) is 25.3 Å². The molecule has 0 aliphatic heterocycles. The van der Waals surface area contributed by atoms with Crippen LogP contribution in [0.2, 0.25) is 0 Å². The molecule has 92 valence electrons. The number of benzene rings is 1. The van der Waals surface area contributed by atoms with Crippen LogP contribution < -0.4 is 5.32 Å². The van der Waals surface area contributed by atoms with Gasteiger partial charge in [-0.25, -0.2) is 4.39 Å². The molecule has 0 saturated heterocycles. The van der Waals surface area contributed by atoms with Crippen molar-refractivity contribution in [2.45, 2.75) is 13.0 Å². The molecule has 0 aliphatic carbocycles. The molecule has 6 heteroatoms. The van der Waals surface area contributed by atoms with Gasteiger partial charge in [-0.2, -0.15) is 10.2 Å². The normalized spacial score (nSPS) is 10.2. The molecular formula is C12H11FN4O. The Bertz CT molecular complexity index is 548. The van der Waals surface area contributed by atoms with E-state index in [1.807, 2.05) is 6.07 Å². The van der Waals surface area contributed by atoms with Gasteiger partial charge in [0.25, 0.3) is 0 Å². The summed E-state index contributed by atoms with van der Waals surface area (Å²) in [5.41, 5.74) is 0.925. The predicted octanol–water partition coefficient (Wildman–Crippen LogP) is 1.41. The van der Waals surface area contributed by atoms with Gasteiger partial charge in [0.05, 0.1) is 5.56 Å². The summed E-state index contributed by atoms with van der Waals surface area (Å²) >= 11 is 0. The van der Waals surface area contributed by atoms with Gasteiger partial charge in [0.2, 0.25) is 6.39 Å². The smallest absolute Gasteiger partial charge is 0.213 e. The minimum absolute atomic E-state index is 0.0625. The zero-order valence-corrected chi connectivity index (χ0v) is 9.56. The van der Waals surface area contributed by atoms with Gasteiger partial charge < -0.3 is 9.84 Å². The van der Waals surface area contributed by atoms with Gasteiger partial charge in [0, 0.05) is 19.5 Å². The molecule has 0 aliphatic rings. The van der Waals surface area contributed by atoms with E-state index in [0.717, 1.165) is 5.56 Å². The average molecular weight is 246 g/mol. The summed E-state index contributed by atoms with van der Waals surface area (Å²) < 4.78 is 17.7. The first kappa shape index (κ1) is 12.2. The SMILES string of the molecule is N#Cc1cc(CNCCc2ncon2)ccc1F. The topological polar surface area (TPSA) is 74.7 Å². The second-order valence-electron chi connectivity index (χ2n) is 3.70. The van der Waals surface area contributed by atoms with E-state index < -0.39 is 5.82 Å². The highest BCUT2D eigenvalue weighted by molar-refractivity contribution is 5.34. The number of nitriles is 1. The third-order valence-electron chi connectivity index (χ3n) is 2.41. The number of hydrogen-bond acceptors (Lipinski definition) is 5. The molecule has 2 rings (SSSR count). The van der Waals surface area contributed by atoms with E-state index in [9.17, 15) is 4.39 Å². The van der Waals surface area contributed by atoms with E-state index in [1.165, 1.54) is 18.5 Å². The Morgan fingerprint density at radius 1 is 1.44 bits per heavy atom. The van der Waals surface area contributed by atoms with Crippen LogP contribution in [0.5, 0.6) is 0 Å². The van der Waals surface area contributed by atoms with Crippen LogP contribution in [0.15, 0.2) is 29.1 Å². The maximum Gasteiger partial charge on any atom is 0.213 e. The van der Waals surface area contributed by atoms with Crippen molar-refractivity contribution in [3.63, 3.8) is 0 Å². The Morgan fingerprint density at radius 3 is 3.06 bits per heavy atom. The lowest BCUT2D eigenvalue weighted by molar-refractivity contribution is 0.409. The van der Waals surface area contributed by atoms with Crippen LogP contribution in [0, 0.1) is 17.1 Å². The summed E-state index contributed by atoms with van der Waals surface area (Å²) in [7, 11) is 0. The van der Waals surface area contributed by atoms with Gasteiger partial charge in [-0.15, -0.1) is 0 Å². The molecule has 0 unspecified atom stereocenters. The number of nitrogens with one attached hydrogen (secondary N) is 1. The fourth-order valence-electron chi connectivity index (χ4n) is 1.50. The largest absolute Gasteiger partial charge is 0.343 e. The van der Waals surface area contributed by atoms with Crippen LogP contribution >= 0.6 is 0 Å². The van der Waals surface area contributed by atoms with Crippen LogP contribution in [-0.4, -0.2) is 16.7 Å². The van der Waals surface area contributed by atoms with E-state index >= 15 is 0 Å². The van der Waals surface area contributed by atoms with Gasteiger partial charge in [-0.1, -0.05) is 11.2 Å². The Morgan fingerprint density at radius 2 is 2.33 bits per heavy atom. The van der Waals surface area contributed by atoms with Crippen LogP contribution in [0.1, 0.15) is 17.0 Å². The molecule has 0 atom stereocenters. The fraction of sp³-hybridized carbons (Fsp3) is 0.250. The number of halogens is 1. The van der Waals surface area contributed by atoms with Crippen molar-refractivity contribution in [1.82, 2.24) is 15.5 Å². The van der Waals surface area contributed by atoms with Crippen molar-refractivity contribution >= 4 is 0 Å². The van der Waals surface area contributed by atoms with Crippen LogP contribution in [0.4, 0.5) is 4.39 Å². The molecule has 1 aromatic carbocycles. The summed E-state index contributed by atoms with van der Waals surface area (Å²) in [5, 5.41) is 15.5. The number of nitrogens with zero attached hydrogens (tertiary/aromatic N) is 3. The second kappa shape index (κ2) is 5.89. The van der Waals surface area contributed by atoms with Crippen LogP contribution in [0.3, 0.4) is 0 Å². The number of hydrogen-bond donors (Lipinski definition) is 1. The van der Waals surface area contributed by atoms with Crippen molar-refractivity contribution in [2.75, 3.05) is 6.54 Å². The lowest BCUT2D eigenvalue weighted by Crippen LogP contribution is -2.17. The highest BCUT2D eigenvalue weighted by atomic mass is 19.1. The summed E-state index contributed by atoms with van der Waals surface area (Å²) in [5.74, 6) is 0.146. The molecule has 1 N–H and O–H groups in total. The second-order valence-corrected chi connectivity index (χ2v) is 3.70. The molecule has 1 aromatic heterocycles. The van der Waals surface area contributed by atoms with Crippen molar-refractivity contribution in [1.29, 1.82) is 5.26 Å². The fourth-order valence-corrected chi connectivity index (χ4v) is 1.50. The molecule has 0 saturated carbocycles. The molecule has 18 heavy (non-hydrogen) atoms. The number of rotatable bonds is 5. The molecule has 0 amide bonds. The van der Waals surface area contributed by atoms with Gasteiger partial charge >= 0.3 is 0 Å². The molecule has 2 aromatic rings. The van der Waals surface area contributed by atoms with Crippen LogP contribution in [-0.2, 0) is 13.0 Å². The molecule has 0 spiro atoms. The summed E-state index contributed by atoms with van der Waals surface area (Å²) in [4.78, 5) is 3.89. The maximum absolute atomic E-state index is 13.1. The Kier molecular flexibility index (Phi) is 3.99. The zero-order chi connectivity index (χ0) is 12.8. The van der Waals surface area contributed by atoms with E-state index in [2.05, 4.69) is 20.0 Å². The Balaban J connectivity index is 1.82. The lowest BCUT2D eigenvalue weighted by atomic mass is 10.1. The molecule has 1 heterocycles. The number of aromatic nitrogens is 2. The van der Waals surface area contributed by atoms with E-state index in [-0.39, 0.29) is 5.56 Å². The van der Waals surface area contributed by atoms with Gasteiger partial charge in [-0.05, 0) is 17.7 Å². The van der Waals surface area contributed by atoms with E-state index in [4.69, 9.17) is 5.26 Å². The van der Waals surface area contributed by atoms with E-state index in [1.54, 1.807) is 6.07 Å². The quantitative estimate of drug-likeness (QED) is 0.807. The first-order valence-electron chi connectivity index (χ1n) is 5.44. The molecule has 5 nitrogen and oxygen atoms in total. The third kappa shape index (κ3) is 3.12. The Labute approximate surface area is 103 Å². The van der Waals surface area contributed by atoms with Crippen molar-refractivity contribution < 1.29 is 8.91 Å². The third-order valence-corrected chi connectivity index (χ3v) is 2.41. The van der Waals surface area contributed by atoms with Crippen LogP contribution in [0.25, 0.3) is 0 Å². The molecule has 0 fully saturated rings. The molecule has 0 radical (unpaired) electrons. The van der Waals surface area contributed by atoms with Crippen molar-refractivity contribution in [3.8, 4) is 6.07 Å². The van der Waals surface area contributed by atoms with Crippen molar-refractivity contribution in [3.05, 3.63) is 47.4 Å². The van der Waals surface area contributed by atoms with Gasteiger partial charge in [0.1, 0.15) is 11.9 Å². The highest BCUT2D eigenvalue weighted by Crippen LogP contribution is 2.09. The molecular weight excluding hydrogens is 235 g/mol. The van der Waals surface area contributed by atoms with Crippen molar-refractivity contribution in [2.24, 2.45) is 0 Å². The first-order chi connectivity index (χ1) is 8.79. The highest BCUT2D eigenvalue weighted by Gasteiger charge is 2.03. The minimum atomic E-state index is -0.493. The van der Waals surface area contributed by atoms with Gasteiger partial charge in [0.15, 0.2) is 5.82 Å². The zero-order valence-electron chi connectivity index (χ0n) is 9.56. The monoisotopic (exact) mass is 246 g/mol. The maximum atomic E-state index is 13.1. The summed E-state index contributed by atoms with van der Waals surface area (Å²) in [6, 6.07) is 6.30. The summed E-state index contributed by atoms with van der Waals surface area (Å²) in [6.45, 7) is 1.24. The first-order valence-corrected chi connectivity index (χ1v) is 5.44. The van der Waals surface area contributed by atoms with Gasteiger partial charge in [-0.3, -0.25) is 0 Å². The Hall–Kier alpha value is -2.26. The minimum Gasteiger partial charge on any atom is -0.343 e. The summed E-state index contributed by atoms with van der Waals surface area (Å²) in [6.07, 6.45) is 1.94. The molecule has 0 bridgehead atoms. The lowest BCUT2D eigenvalue weighted by Gasteiger charge is -2.04. The predicted molar refractivity (Wildman–Crippen MR) is 60.8 cm³/mol.